The van der Waals surface area contributed by atoms with Crippen LogP contribution in [-0.2, 0) is 13.0 Å². The number of aryl methyl sites for hydroxylation is 3. The summed E-state index contributed by atoms with van der Waals surface area (Å²) < 4.78 is 2.25. The van der Waals surface area contributed by atoms with Crippen molar-refractivity contribution in [2.24, 2.45) is 0 Å². The Hall–Kier alpha value is -1.77. The molecule has 1 aliphatic rings. The van der Waals surface area contributed by atoms with E-state index in [0.717, 1.165) is 18.9 Å². The average Bonchev–Trinajstić information content (AvgIpc) is 2.95. The summed E-state index contributed by atoms with van der Waals surface area (Å²) in [7, 11) is 0. The number of benzene rings is 1. The van der Waals surface area contributed by atoms with Crippen molar-refractivity contribution in [3.8, 4) is 0 Å². The SMILES string of the molecule is Cc1ccccc1CCn1ccnc1NC1CCCCC1. The van der Waals surface area contributed by atoms with Gasteiger partial charge in [-0.2, -0.15) is 0 Å². The maximum Gasteiger partial charge on any atom is 0.202 e. The van der Waals surface area contributed by atoms with Crippen molar-refractivity contribution in [2.45, 2.75) is 58.0 Å². The van der Waals surface area contributed by atoms with Gasteiger partial charge in [0.25, 0.3) is 0 Å². The second-order valence-electron chi connectivity index (χ2n) is 6.10. The summed E-state index contributed by atoms with van der Waals surface area (Å²) in [5, 5.41) is 3.63. The number of hydrogen-bond donors (Lipinski definition) is 1. The number of aromatic nitrogens is 2. The lowest BCUT2D eigenvalue weighted by atomic mass is 9.96. The molecule has 1 N–H and O–H groups in total. The number of nitrogens with zero attached hydrogens (tertiary/aromatic N) is 2. The molecule has 1 fully saturated rings. The summed E-state index contributed by atoms with van der Waals surface area (Å²) in [5.41, 5.74) is 2.80. The Labute approximate surface area is 127 Å². The Balaban J connectivity index is 1.61. The molecule has 1 aromatic carbocycles. The summed E-state index contributed by atoms with van der Waals surface area (Å²) in [6.45, 7) is 3.17. The van der Waals surface area contributed by atoms with Crippen LogP contribution in [-0.4, -0.2) is 15.6 Å². The smallest absolute Gasteiger partial charge is 0.202 e. The largest absolute Gasteiger partial charge is 0.353 e. The van der Waals surface area contributed by atoms with Gasteiger partial charge in [-0.3, -0.25) is 0 Å². The van der Waals surface area contributed by atoms with E-state index < -0.39 is 0 Å². The molecule has 0 radical (unpaired) electrons. The van der Waals surface area contributed by atoms with Crippen molar-refractivity contribution in [3.05, 3.63) is 47.8 Å². The molecule has 112 valence electrons. The molecule has 0 atom stereocenters. The van der Waals surface area contributed by atoms with E-state index in [2.05, 4.69) is 52.3 Å². The fourth-order valence-electron chi connectivity index (χ4n) is 3.19. The van der Waals surface area contributed by atoms with Crippen molar-refractivity contribution in [3.63, 3.8) is 0 Å². The van der Waals surface area contributed by atoms with Crippen molar-refractivity contribution in [2.75, 3.05) is 5.32 Å². The Morgan fingerprint density at radius 1 is 1.19 bits per heavy atom. The van der Waals surface area contributed by atoms with Crippen LogP contribution >= 0.6 is 0 Å². The fourth-order valence-corrected chi connectivity index (χ4v) is 3.19. The Kier molecular flexibility index (Phi) is 4.59. The molecule has 0 aliphatic heterocycles. The quantitative estimate of drug-likeness (QED) is 0.892. The molecule has 0 saturated heterocycles. The molecule has 0 unspecified atom stereocenters. The van der Waals surface area contributed by atoms with E-state index in [1.54, 1.807) is 0 Å². The molecule has 2 aromatic rings. The minimum Gasteiger partial charge on any atom is -0.353 e. The number of hydrogen-bond acceptors (Lipinski definition) is 2. The topological polar surface area (TPSA) is 29.9 Å². The number of anilines is 1. The van der Waals surface area contributed by atoms with E-state index in [0.29, 0.717) is 6.04 Å². The minimum atomic E-state index is 0.610. The van der Waals surface area contributed by atoms with Gasteiger partial charge in [-0.15, -0.1) is 0 Å². The number of rotatable bonds is 5. The van der Waals surface area contributed by atoms with Crippen LogP contribution in [0.5, 0.6) is 0 Å². The lowest BCUT2D eigenvalue weighted by molar-refractivity contribution is 0.459. The van der Waals surface area contributed by atoms with E-state index in [9.17, 15) is 0 Å². The Bertz CT molecular complexity index is 567. The maximum atomic E-state index is 4.50. The molecule has 0 spiro atoms. The summed E-state index contributed by atoms with van der Waals surface area (Å²) in [6, 6.07) is 9.24. The van der Waals surface area contributed by atoms with Crippen molar-refractivity contribution < 1.29 is 0 Å². The third-order valence-electron chi connectivity index (χ3n) is 4.54. The molecule has 21 heavy (non-hydrogen) atoms. The molecule has 0 bridgehead atoms. The van der Waals surface area contributed by atoms with Gasteiger partial charge in [-0.05, 0) is 37.3 Å². The summed E-state index contributed by atoms with van der Waals surface area (Å²) in [6.07, 6.45) is 11.7. The molecule has 1 aliphatic carbocycles. The highest BCUT2D eigenvalue weighted by atomic mass is 15.2. The van der Waals surface area contributed by atoms with Crippen LogP contribution in [0.15, 0.2) is 36.7 Å². The van der Waals surface area contributed by atoms with Crippen LogP contribution in [0.3, 0.4) is 0 Å². The number of imidazole rings is 1. The zero-order valence-corrected chi connectivity index (χ0v) is 12.9. The first-order valence-corrected chi connectivity index (χ1v) is 8.15. The second-order valence-corrected chi connectivity index (χ2v) is 6.10. The summed E-state index contributed by atoms with van der Waals surface area (Å²) in [5.74, 6) is 1.04. The van der Waals surface area contributed by atoms with Gasteiger partial charge in [-0.25, -0.2) is 4.98 Å². The first-order valence-electron chi connectivity index (χ1n) is 8.15. The monoisotopic (exact) mass is 283 g/mol. The van der Waals surface area contributed by atoms with Gasteiger partial charge in [0.2, 0.25) is 5.95 Å². The molecule has 0 amide bonds. The first-order chi connectivity index (χ1) is 10.3. The summed E-state index contributed by atoms with van der Waals surface area (Å²) >= 11 is 0. The molecule has 1 saturated carbocycles. The number of nitrogens with one attached hydrogen (secondary N) is 1. The van der Waals surface area contributed by atoms with Crippen LogP contribution < -0.4 is 5.32 Å². The zero-order chi connectivity index (χ0) is 14.5. The molecule has 3 heteroatoms. The van der Waals surface area contributed by atoms with Crippen LogP contribution in [0.1, 0.15) is 43.2 Å². The third-order valence-corrected chi connectivity index (χ3v) is 4.54. The molecule has 1 heterocycles. The third kappa shape index (κ3) is 3.66. The highest BCUT2D eigenvalue weighted by molar-refractivity contribution is 5.29. The molecule has 3 rings (SSSR count). The van der Waals surface area contributed by atoms with E-state index >= 15 is 0 Å². The normalized spacial score (nSPS) is 16.0. The summed E-state index contributed by atoms with van der Waals surface area (Å²) in [4.78, 5) is 4.50. The molecule has 3 nitrogen and oxygen atoms in total. The van der Waals surface area contributed by atoms with Crippen molar-refractivity contribution in [1.29, 1.82) is 0 Å². The van der Waals surface area contributed by atoms with E-state index in [4.69, 9.17) is 0 Å². The highest BCUT2D eigenvalue weighted by Crippen LogP contribution is 2.21. The standard InChI is InChI=1S/C18H25N3/c1-15-7-5-6-8-16(15)11-13-21-14-12-19-18(21)20-17-9-3-2-4-10-17/h5-8,12,14,17H,2-4,9-11,13H2,1H3,(H,19,20). The van der Waals surface area contributed by atoms with Crippen LogP contribution in [0, 0.1) is 6.92 Å². The molecule has 1 aromatic heterocycles. The maximum absolute atomic E-state index is 4.50. The zero-order valence-electron chi connectivity index (χ0n) is 12.9. The molecular weight excluding hydrogens is 258 g/mol. The van der Waals surface area contributed by atoms with Crippen LogP contribution in [0.4, 0.5) is 5.95 Å². The average molecular weight is 283 g/mol. The van der Waals surface area contributed by atoms with Gasteiger partial charge in [0.05, 0.1) is 0 Å². The predicted molar refractivity (Wildman–Crippen MR) is 87.6 cm³/mol. The van der Waals surface area contributed by atoms with E-state index in [1.807, 2.05) is 6.20 Å². The van der Waals surface area contributed by atoms with E-state index in [1.165, 1.54) is 43.2 Å². The van der Waals surface area contributed by atoms with Gasteiger partial charge in [0.1, 0.15) is 0 Å². The van der Waals surface area contributed by atoms with Gasteiger partial charge in [0, 0.05) is 25.0 Å². The lowest BCUT2D eigenvalue weighted by Gasteiger charge is -2.23. The first kappa shape index (κ1) is 14.2. The van der Waals surface area contributed by atoms with Gasteiger partial charge >= 0.3 is 0 Å². The predicted octanol–water partition coefficient (Wildman–Crippen LogP) is 4.18. The Morgan fingerprint density at radius 3 is 2.81 bits per heavy atom. The fraction of sp³-hybridized carbons (Fsp3) is 0.500. The van der Waals surface area contributed by atoms with Gasteiger partial charge < -0.3 is 9.88 Å². The van der Waals surface area contributed by atoms with Crippen LogP contribution in [0.2, 0.25) is 0 Å². The van der Waals surface area contributed by atoms with E-state index in [-0.39, 0.29) is 0 Å². The lowest BCUT2D eigenvalue weighted by Crippen LogP contribution is -2.24. The van der Waals surface area contributed by atoms with Gasteiger partial charge in [0.15, 0.2) is 0 Å². The van der Waals surface area contributed by atoms with Gasteiger partial charge in [-0.1, -0.05) is 43.5 Å². The highest BCUT2D eigenvalue weighted by Gasteiger charge is 2.15. The van der Waals surface area contributed by atoms with Crippen LogP contribution in [0.25, 0.3) is 0 Å². The second kappa shape index (κ2) is 6.79. The van der Waals surface area contributed by atoms with Crippen molar-refractivity contribution in [1.82, 2.24) is 9.55 Å². The molecular formula is C18H25N3. The minimum absolute atomic E-state index is 0.610. The Morgan fingerprint density at radius 2 is 2.00 bits per heavy atom. The van der Waals surface area contributed by atoms with Crippen molar-refractivity contribution >= 4 is 5.95 Å².